The Kier molecular flexibility index (Phi) is 3.91. The third-order valence-electron chi connectivity index (χ3n) is 3.79. The fourth-order valence-corrected chi connectivity index (χ4v) is 4.65. The number of aromatic nitrogens is 1. The van der Waals surface area contributed by atoms with Gasteiger partial charge in [-0.15, -0.1) is 0 Å². The molecule has 2 unspecified atom stereocenters. The van der Waals surface area contributed by atoms with Crippen LogP contribution in [0.5, 0.6) is 0 Å². The van der Waals surface area contributed by atoms with E-state index < -0.39 is 0 Å². The monoisotopic (exact) mass is 344 g/mol. The number of hydrogen-bond acceptors (Lipinski definition) is 3. The average molecular weight is 345 g/mol. The van der Waals surface area contributed by atoms with E-state index >= 15 is 0 Å². The second-order valence-corrected chi connectivity index (χ2v) is 7.26. The molecule has 2 aliphatic rings. The molecule has 2 aliphatic heterocycles. The minimum Gasteiger partial charge on any atom is -0.380 e. The highest BCUT2D eigenvalue weighted by atomic mass is 79.9. The van der Waals surface area contributed by atoms with Crippen LogP contribution >= 0.6 is 27.7 Å². The zero-order valence-corrected chi connectivity index (χ0v) is 13.2. The minimum absolute atomic E-state index is 0.144. The first-order chi connectivity index (χ1) is 9.16. The first-order valence-electron chi connectivity index (χ1n) is 6.49. The first-order valence-corrected chi connectivity index (χ1v) is 8.33. The van der Waals surface area contributed by atoms with Gasteiger partial charge in [-0.3, -0.25) is 4.79 Å². The highest BCUT2D eigenvalue weighted by Crippen LogP contribution is 2.31. The van der Waals surface area contributed by atoms with Crippen LogP contribution < -0.4 is 0 Å². The van der Waals surface area contributed by atoms with Crippen molar-refractivity contribution in [2.24, 2.45) is 7.05 Å². The number of rotatable bonds is 1. The number of thioether (sulfide) groups is 1. The highest BCUT2D eigenvalue weighted by molar-refractivity contribution is 9.10. The topological polar surface area (TPSA) is 34.5 Å². The van der Waals surface area contributed by atoms with Crippen LogP contribution in [0.2, 0.25) is 0 Å². The molecule has 1 amide bonds. The lowest BCUT2D eigenvalue weighted by Crippen LogP contribution is -2.54. The van der Waals surface area contributed by atoms with Crippen molar-refractivity contribution in [3.63, 3.8) is 0 Å². The van der Waals surface area contributed by atoms with E-state index in [2.05, 4.69) is 15.9 Å². The number of halogens is 1. The molecule has 3 rings (SSSR count). The van der Waals surface area contributed by atoms with Crippen LogP contribution in [-0.4, -0.2) is 52.2 Å². The zero-order chi connectivity index (χ0) is 13.4. The summed E-state index contributed by atoms with van der Waals surface area (Å²) in [6, 6.07) is 2.23. The Hall–Kier alpha value is -0.460. The van der Waals surface area contributed by atoms with Gasteiger partial charge < -0.3 is 14.2 Å². The number of amides is 1. The predicted molar refractivity (Wildman–Crippen MR) is 79.6 cm³/mol. The van der Waals surface area contributed by atoms with Crippen LogP contribution in [0.1, 0.15) is 16.9 Å². The van der Waals surface area contributed by atoms with Gasteiger partial charge >= 0.3 is 0 Å². The van der Waals surface area contributed by atoms with Gasteiger partial charge in [0.25, 0.3) is 5.91 Å². The molecule has 19 heavy (non-hydrogen) atoms. The van der Waals surface area contributed by atoms with Gasteiger partial charge in [0.15, 0.2) is 0 Å². The Bertz CT molecular complexity index is 489. The van der Waals surface area contributed by atoms with E-state index in [0.29, 0.717) is 11.3 Å². The molecular weight excluding hydrogens is 328 g/mol. The summed E-state index contributed by atoms with van der Waals surface area (Å²) in [4.78, 5) is 14.8. The summed E-state index contributed by atoms with van der Waals surface area (Å²) < 4.78 is 8.37. The van der Waals surface area contributed by atoms with E-state index in [9.17, 15) is 4.79 Å². The largest absolute Gasteiger partial charge is 0.380 e. The van der Waals surface area contributed by atoms with Crippen molar-refractivity contribution >= 4 is 33.6 Å². The van der Waals surface area contributed by atoms with Gasteiger partial charge in [-0.1, -0.05) is 0 Å². The summed E-state index contributed by atoms with van der Waals surface area (Å²) in [7, 11) is 1.91. The van der Waals surface area contributed by atoms with E-state index in [1.807, 2.05) is 40.5 Å². The zero-order valence-electron chi connectivity index (χ0n) is 10.8. The smallest absolute Gasteiger partial charge is 0.270 e. The number of hydrogen-bond donors (Lipinski definition) is 0. The van der Waals surface area contributed by atoms with Crippen LogP contribution in [0, 0.1) is 0 Å². The van der Waals surface area contributed by atoms with Crippen molar-refractivity contribution in [1.29, 1.82) is 0 Å². The molecule has 0 N–H and O–H groups in total. The lowest BCUT2D eigenvalue weighted by atomic mass is 10.1. The molecule has 0 saturated carbocycles. The molecular formula is C13H17BrN2O2S. The lowest BCUT2D eigenvalue weighted by molar-refractivity contribution is 0.0313. The number of nitrogens with zero attached hydrogens (tertiary/aromatic N) is 2. The normalized spacial score (nSPS) is 27.2. The summed E-state index contributed by atoms with van der Waals surface area (Å²) in [6.45, 7) is 2.38. The molecule has 2 fully saturated rings. The van der Waals surface area contributed by atoms with Crippen molar-refractivity contribution in [3.05, 3.63) is 22.4 Å². The molecule has 2 atom stereocenters. The van der Waals surface area contributed by atoms with Crippen LogP contribution in [0.4, 0.5) is 0 Å². The summed E-state index contributed by atoms with van der Waals surface area (Å²) in [5, 5.41) is 0.440. The van der Waals surface area contributed by atoms with E-state index in [0.717, 1.165) is 42.1 Å². The molecule has 0 spiro atoms. The summed E-state index contributed by atoms with van der Waals surface area (Å²) in [5.74, 6) is 1.15. The molecule has 2 saturated heterocycles. The number of ether oxygens (including phenoxy) is 1. The van der Waals surface area contributed by atoms with Gasteiger partial charge in [-0.2, -0.15) is 11.8 Å². The molecule has 0 radical (unpaired) electrons. The molecule has 0 aliphatic carbocycles. The van der Waals surface area contributed by atoms with E-state index in [-0.39, 0.29) is 5.91 Å². The van der Waals surface area contributed by atoms with Gasteiger partial charge in [-0.25, -0.2) is 0 Å². The maximum atomic E-state index is 12.7. The number of carbonyl (C=O) groups excluding carboxylic acids is 1. The van der Waals surface area contributed by atoms with Crippen molar-refractivity contribution in [2.75, 3.05) is 25.5 Å². The Morgan fingerprint density at radius 1 is 1.58 bits per heavy atom. The van der Waals surface area contributed by atoms with Gasteiger partial charge in [0.05, 0.1) is 6.61 Å². The summed E-state index contributed by atoms with van der Waals surface area (Å²) in [5.41, 5.74) is 0.754. The van der Waals surface area contributed by atoms with E-state index in [4.69, 9.17) is 4.74 Å². The molecule has 6 heteroatoms. The predicted octanol–water partition coefficient (Wildman–Crippen LogP) is 2.13. The molecule has 0 aromatic carbocycles. The Morgan fingerprint density at radius 3 is 3.16 bits per heavy atom. The maximum absolute atomic E-state index is 12.7. The van der Waals surface area contributed by atoms with Crippen molar-refractivity contribution in [1.82, 2.24) is 9.47 Å². The van der Waals surface area contributed by atoms with Gasteiger partial charge in [0, 0.05) is 47.9 Å². The van der Waals surface area contributed by atoms with Gasteiger partial charge in [-0.05, 0) is 28.4 Å². The number of aryl methyl sites for hydroxylation is 1. The average Bonchev–Trinajstić information content (AvgIpc) is 2.76. The number of fused-ring (bicyclic) bond motifs is 1. The summed E-state index contributed by atoms with van der Waals surface area (Å²) in [6.07, 6.45) is 2.88. The fraction of sp³-hybridized carbons (Fsp3) is 0.615. The second-order valence-electron chi connectivity index (χ2n) is 4.99. The molecule has 104 valence electrons. The lowest BCUT2D eigenvalue weighted by Gasteiger charge is -2.43. The second kappa shape index (κ2) is 5.50. The van der Waals surface area contributed by atoms with Crippen LogP contribution in [0.3, 0.4) is 0 Å². The van der Waals surface area contributed by atoms with Crippen molar-refractivity contribution in [2.45, 2.75) is 17.7 Å². The van der Waals surface area contributed by atoms with Crippen molar-refractivity contribution in [3.8, 4) is 0 Å². The highest BCUT2D eigenvalue weighted by Gasteiger charge is 2.37. The Labute approximate surface area is 125 Å². The molecule has 1 aromatic heterocycles. The minimum atomic E-state index is 0.144. The van der Waals surface area contributed by atoms with E-state index in [1.165, 1.54) is 0 Å². The third kappa shape index (κ3) is 2.58. The fourth-order valence-electron chi connectivity index (χ4n) is 2.82. The Morgan fingerprint density at radius 2 is 2.42 bits per heavy atom. The maximum Gasteiger partial charge on any atom is 0.270 e. The molecule has 0 bridgehead atoms. The molecule has 1 aromatic rings. The van der Waals surface area contributed by atoms with Crippen LogP contribution in [0.25, 0.3) is 0 Å². The third-order valence-corrected chi connectivity index (χ3v) is 5.52. The Balaban J connectivity index is 1.83. The first kappa shape index (κ1) is 13.5. The number of carbonyl (C=O) groups is 1. The summed E-state index contributed by atoms with van der Waals surface area (Å²) >= 11 is 5.37. The standard InChI is InChI=1S/C13H17BrN2O2S/c1-15-7-9(14)6-11(15)13(17)16-3-5-19-12-8-18-4-2-10(12)16/h6-7,10,12H,2-5,8H2,1H3. The van der Waals surface area contributed by atoms with Crippen LogP contribution in [-0.2, 0) is 11.8 Å². The van der Waals surface area contributed by atoms with Gasteiger partial charge in [0.2, 0.25) is 0 Å². The molecule has 3 heterocycles. The quantitative estimate of drug-likeness (QED) is 0.782. The molecule has 4 nitrogen and oxygen atoms in total. The van der Waals surface area contributed by atoms with Crippen molar-refractivity contribution < 1.29 is 9.53 Å². The SMILES string of the molecule is Cn1cc(Br)cc1C(=O)N1CCSC2COCCC21. The van der Waals surface area contributed by atoms with Crippen LogP contribution in [0.15, 0.2) is 16.7 Å². The van der Waals surface area contributed by atoms with E-state index in [1.54, 1.807) is 0 Å². The van der Waals surface area contributed by atoms with Gasteiger partial charge in [0.1, 0.15) is 5.69 Å².